The second-order valence-corrected chi connectivity index (χ2v) is 7.51. The highest BCUT2D eigenvalue weighted by Gasteiger charge is 2.17. The van der Waals surface area contributed by atoms with Gasteiger partial charge in [-0.05, 0) is 43.1 Å². The van der Waals surface area contributed by atoms with Crippen LogP contribution in [-0.4, -0.2) is 37.7 Å². The first-order valence-corrected chi connectivity index (χ1v) is 10.1. The first kappa shape index (κ1) is 21.4. The average molecular weight is 437 g/mol. The van der Waals surface area contributed by atoms with Gasteiger partial charge in [0.05, 0.1) is 22.2 Å². The molecule has 1 aliphatic heterocycles. The zero-order valence-electron chi connectivity index (χ0n) is 15.8. The van der Waals surface area contributed by atoms with Crippen LogP contribution in [0, 0.1) is 0 Å². The van der Waals surface area contributed by atoms with E-state index in [4.69, 9.17) is 32.7 Å². The van der Waals surface area contributed by atoms with Crippen LogP contribution in [0.25, 0.3) is 0 Å². The number of nitrogens with one attached hydrogen (secondary N) is 2. The maximum atomic E-state index is 12.2. The topological polar surface area (TPSA) is 76.7 Å². The lowest BCUT2D eigenvalue weighted by Crippen LogP contribution is -2.29. The molecule has 2 aromatic rings. The number of ether oxygens (including phenoxy) is 2. The number of carbonyl (C=O) groups is 2. The third kappa shape index (κ3) is 6.35. The number of rotatable bonds is 8. The first-order valence-electron chi connectivity index (χ1n) is 9.36. The van der Waals surface area contributed by atoms with Crippen LogP contribution in [0.2, 0.25) is 10.0 Å². The Hall–Kier alpha value is -2.28. The third-order valence-corrected chi connectivity index (χ3v) is 5.16. The number of esters is 2. The standard InChI is InChI=1S/C21H22Cl2N2O4/c22-16-7-3-8-17(23)21(16)25-18-9-2-1-5-14(18)11-19(26)29-13-20(27)28-12-15-6-4-10-24-15/h1-3,5,7-9,15,24-25H,4,6,10-13H2. The van der Waals surface area contributed by atoms with Gasteiger partial charge in [0.1, 0.15) is 6.61 Å². The molecule has 1 saturated heterocycles. The number of benzene rings is 2. The minimum atomic E-state index is -0.554. The molecule has 6 nitrogen and oxygen atoms in total. The van der Waals surface area contributed by atoms with Crippen molar-refractivity contribution in [1.82, 2.24) is 5.32 Å². The lowest BCUT2D eigenvalue weighted by molar-refractivity contribution is -0.158. The summed E-state index contributed by atoms with van der Waals surface area (Å²) in [5.74, 6) is -1.08. The SMILES string of the molecule is O=C(COC(=O)Cc1ccccc1Nc1c(Cl)cccc1Cl)OCC1CCCN1. The number of hydrogen-bond acceptors (Lipinski definition) is 6. The van der Waals surface area contributed by atoms with Crippen molar-refractivity contribution in [3.05, 3.63) is 58.1 Å². The Morgan fingerprint density at radius 2 is 1.79 bits per heavy atom. The number of hydrogen-bond donors (Lipinski definition) is 2. The van der Waals surface area contributed by atoms with Gasteiger partial charge >= 0.3 is 11.9 Å². The Balaban J connectivity index is 1.53. The van der Waals surface area contributed by atoms with Crippen LogP contribution in [0.3, 0.4) is 0 Å². The first-order chi connectivity index (χ1) is 14.0. The smallest absolute Gasteiger partial charge is 0.344 e. The number of halogens is 2. The quantitative estimate of drug-likeness (QED) is 0.606. The number of carbonyl (C=O) groups excluding carboxylic acids is 2. The average Bonchev–Trinajstić information content (AvgIpc) is 3.22. The zero-order chi connectivity index (χ0) is 20.6. The predicted molar refractivity (Wildman–Crippen MR) is 113 cm³/mol. The van der Waals surface area contributed by atoms with Crippen molar-refractivity contribution in [1.29, 1.82) is 0 Å². The van der Waals surface area contributed by atoms with E-state index in [-0.39, 0.29) is 12.5 Å². The molecular weight excluding hydrogens is 415 g/mol. The molecule has 3 rings (SSSR count). The predicted octanol–water partition coefficient (Wildman–Crippen LogP) is 4.12. The van der Waals surface area contributed by atoms with Gasteiger partial charge in [-0.1, -0.05) is 47.5 Å². The Bertz CT molecular complexity index is 849. The second-order valence-electron chi connectivity index (χ2n) is 6.69. The highest BCUT2D eigenvalue weighted by molar-refractivity contribution is 6.39. The fraction of sp³-hybridized carbons (Fsp3) is 0.333. The maximum Gasteiger partial charge on any atom is 0.344 e. The van der Waals surface area contributed by atoms with E-state index in [0.717, 1.165) is 19.4 Å². The van der Waals surface area contributed by atoms with Gasteiger partial charge in [-0.25, -0.2) is 4.79 Å². The molecule has 1 aliphatic rings. The summed E-state index contributed by atoms with van der Waals surface area (Å²) in [6.07, 6.45) is 2.04. The Morgan fingerprint density at radius 3 is 2.52 bits per heavy atom. The Morgan fingerprint density at radius 1 is 1.03 bits per heavy atom. The molecule has 0 saturated carbocycles. The van der Waals surface area contributed by atoms with Gasteiger partial charge in [-0.2, -0.15) is 0 Å². The minimum Gasteiger partial charge on any atom is -0.462 e. The molecule has 0 aliphatic carbocycles. The van der Waals surface area contributed by atoms with E-state index >= 15 is 0 Å². The summed E-state index contributed by atoms with van der Waals surface area (Å²) in [5, 5.41) is 7.33. The highest BCUT2D eigenvalue weighted by Crippen LogP contribution is 2.33. The van der Waals surface area contributed by atoms with Gasteiger partial charge < -0.3 is 20.1 Å². The van der Waals surface area contributed by atoms with Gasteiger partial charge in [-0.3, -0.25) is 4.79 Å². The zero-order valence-corrected chi connectivity index (χ0v) is 17.3. The summed E-state index contributed by atoms with van der Waals surface area (Å²) in [7, 11) is 0. The summed E-state index contributed by atoms with van der Waals surface area (Å²) >= 11 is 12.4. The summed E-state index contributed by atoms with van der Waals surface area (Å²) in [6, 6.07) is 12.6. The van der Waals surface area contributed by atoms with E-state index in [1.807, 2.05) is 18.2 Å². The van der Waals surface area contributed by atoms with Crippen molar-refractivity contribution < 1.29 is 19.1 Å². The molecule has 0 amide bonds. The lowest BCUT2D eigenvalue weighted by Gasteiger charge is -2.14. The van der Waals surface area contributed by atoms with Crippen molar-refractivity contribution in [3.63, 3.8) is 0 Å². The fourth-order valence-electron chi connectivity index (χ4n) is 3.03. The molecule has 0 spiro atoms. The molecule has 154 valence electrons. The van der Waals surface area contributed by atoms with E-state index in [2.05, 4.69) is 10.6 Å². The molecule has 29 heavy (non-hydrogen) atoms. The van der Waals surface area contributed by atoms with Crippen molar-refractivity contribution in [2.75, 3.05) is 25.1 Å². The van der Waals surface area contributed by atoms with Crippen molar-refractivity contribution in [2.45, 2.75) is 25.3 Å². The van der Waals surface area contributed by atoms with Gasteiger partial charge in [0.2, 0.25) is 0 Å². The molecule has 2 N–H and O–H groups in total. The van der Waals surface area contributed by atoms with E-state index < -0.39 is 18.5 Å². The maximum absolute atomic E-state index is 12.2. The number of anilines is 2. The van der Waals surface area contributed by atoms with Crippen LogP contribution in [0.4, 0.5) is 11.4 Å². The largest absolute Gasteiger partial charge is 0.462 e. The van der Waals surface area contributed by atoms with Gasteiger partial charge in [0.25, 0.3) is 0 Å². The molecule has 0 radical (unpaired) electrons. The van der Waals surface area contributed by atoms with Crippen LogP contribution in [0.5, 0.6) is 0 Å². The molecule has 1 heterocycles. The van der Waals surface area contributed by atoms with Crippen LogP contribution < -0.4 is 10.6 Å². The Labute approximate surface area is 179 Å². The van der Waals surface area contributed by atoms with E-state index in [9.17, 15) is 9.59 Å². The lowest BCUT2D eigenvalue weighted by atomic mass is 10.1. The molecule has 1 unspecified atom stereocenters. The minimum absolute atomic E-state index is 0.0112. The van der Waals surface area contributed by atoms with Crippen molar-refractivity contribution in [2.24, 2.45) is 0 Å². The fourth-order valence-corrected chi connectivity index (χ4v) is 3.52. The van der Waals surface area contributed by atoms with E-state index in [0.29, 0.717) is 33.6 Å². The normalized spacial score (nSPS) is 15.7. The van der Waals surface area contributed by atoms with Crippen LogP contribution in [-0.2, 0) is 25.5 Å². The molecular formula is C21H22Cl2N2O4. The van der Waals surface area contributed by atoms with Crippen LogP contribution in [0.1, 0.15) is 18.4 Å². The van der Waals surface area contributed by atoms with Crippen LogP contribution in [0.15, 0.2) is 42.5 Å². The molecule has 2 aromatic carbocycles. The molecule has 8 heteroatoms. The molecule has 1 atom stereocenters. The molecule has 0 bridgehead atoms. The monoisotopic (exact) mass is 436 g/mol. The summed E-state index contributed by atoms with van der Waals surface area (Å²) in [6.45, 7) is 0.823. The van der Waals surface area contributed by atoms with Crippen molar-refractivity contribution in [3.8, 4) is 0 Å². The van der Waals surface area contributed by atoms with Crippen molar-refractivity contribution >= 4 is 46.5 Å². The van der Waals surface area contributed by atoms with Gasteiger partial charge in [0, 0.05) is 11.7 Å². The summed E-state index contributed by atoms with van der Waals surface area (Å²) in [4.78, 5) is 24.0. The summed E-state index contributed by atoms with van der Waals surface area (Å²) in [5.41, 5.74) is 1.92. The Kier molecular flexibility index (Phi) is 7.75. The van der Waals surface area contributed by atoms with E-state index in [1.165, 1.54) is 0 Å². The molecule has 1 fully saturated rings. The number of para-hydroxylation sites is 2. The highest BCUT2D eigenvalue weighted by atomic mass is 35.5. The van der Waals surface area contributed by atoms with Gasteiger partial charge in [-0.15, -0.1) is 0 Å². The third-order valence-electron chi connectivity index (χ3n) is 4.53. The molecule has 0 aromatic heterocycles. The summed E-state index contributed by atoms with van der Waals surface area (Å²) < 4.78 is 10.2. The van der Waals surface area contributed by atoms with Gasteiger partial charge in [0.15, 0.2) is 6.61 Å². The van der Waals surface area contributed by atoms with Crippen LogP contribution >= 0.6 is 23.2 Å². The second kappa shape index (κ2) is 10.5. The van der Waals surface area contributed by atoms with E-state index in [1.54, 1.807) is 24.3 Å².